The lowest BCUT2D eigenvalue weighted by Crippen LogP contribution is -2.15. The Bertz CT molecular complexity index is 802. The molecule has 3 heteroatoms. The minimum absolute atomic E-state index is 0.135. The zero-order valence-corrected chi connectivity index (χ0v) is 14.2. The van der Waals surface area contributed by atoms with Crippen LogP contribution in [0.2, 0.25) is 0 Å². The largest absolute Gasteiger partial charge is 0.497 e. The Morgan fingerprint density at radius 1 is 1.00 bits per heavy atom. The standard InChI is InChI=1S/C20H23NO2/c1-5-23-20(16-10-12-17(22-4)13-11-16)21-15(3)14(2)18-8-6-7-9-19(18)21/h6-13,20H,5H2,1-4H3. The molecule has 0 radical (unpaired) electrons. The van der Waals surface area contributed by atoms with Crippen molar-refractivity contribution in [3.8, 4) is 5.75 Å². The lowest BCUT2D eigenvalue weighted by atomic mass is 10.1. The van der Waals surface area contributed by atoms with Crippen LogP contribution in [-0.2, 0) is 4.74 Å². The van der Waals surface area contributed by atoms with Gasteiger partial charge in [-0.2, -0.15) is 0 Å². The van der Waals surface area contributed by atoms with Crippen LogP contribution < -0.4 is 4.74 Å². The minimum Gasteiger partial charge on any atom is -0.497 e. The quantitative estimate of drug-likeness (QED) is 0.672. The summed E-state index contributed by atoms with van der Waals surface area (Å²) in [6.07, 6.45) is -0.135. The van der Waals surface area contributed by atoms with Crippen LogP contribution in [0.3, 0.4) is 0 Å². The molecule has 0 amide bonds. The number of rotatable bonds is 5. The molecule has 1 atom stereocenters. The van der Waals surface area contributed by atoms with Gasteiger partial charge in [0.2, 0.25) is 0 Å². The van der Waals surface area contributed by atoms with E-state index in [-0.39, 0.29) is 6.23 Å². The Morgan fingerprint density at radius 2 is 1.70 bits per heavy atom. The van der Waals surface area contributed by atoms with Gasteiger partial charge < -0.3 is 14.0 Å². The third-order valence-electron chi connectivity index (χ3n) is 4.43. The van der Waals surface area contributed by atoms with E-state index in [2.05, 4.69) is 54.8 Å². The SMILES string of the molecule is CCOC(c1ccc(OC)cc1)n1c(C)c(C)c2ccccc21. The molecule has 2 aromatic carbocycles. The molecule has 3 nitrogen and oxygen atoms in total. The van der Waals surface area contributed by atoms with Crippen molar-refractivity contribution in [2.45, 2.75) is 27.0 Å². The Hall–Kier alpha value is -2.26. The number of ether oxygens (including phenoxy) is 2. The number of benzene rings is 2. The van der Waals surface area contributed by atoms with Crippen LogP contribution in [0.4, 0.5) is 0 Å². The van der Waals surface area contributed by atoms with Gasteiger partial charge in [-0.15, -0.1) is 0 Å². The highest BCUT2D eigenvalue weighted by Gasteiger charge is 2.20. The van der Waals surface area contributed by atoms with E-state index >= 15 is 0 Å². The van der Waals surface area contributed by atoms with Gasteiger partial charge in [0.15, 0.2) is 6.23 Å². The van der Waals surface area contributed by atoms with E-state index in [1.54, 1.807) is 7.11 Å². The zero-order valence-electron chi connectivity index (χ0n) is 14.2. The van der Waals surface area contributed by atoms with Gasteiger partial charge in [-0.3, -0.25) is 0 Å². The number of hydrogen-bond donors (Lipinski definition) is 0. The smallest absolute Gasteiger partial charge is 0.160 e. The van der Waals surface area contributed by atoms with Crippen molar-refractivity contribution in [1.82, 2.24) is 4.57 Å². The number of fused-ring (bicyclic) bond motifs is 1. The lowest BCUT2D eigenvalue weighted by molar-refractivity contribution is 0.0429. The normalized spacial score (nSPS) is 12.5. The maximum Gasteiger partial charge on any atom is 0.160 e. The molecule has 120 valence electrons. The van der Waals surface area contributed by atoms with E-state index in [0.29, 0.717) is 6.61 Å². The van der Waals surface area contributed by atoms with E-state index in [1.807, 2.05) is 19.1 Å². The van der Waals surface area contributed by atoms with Crippen LogP contribution in [-0.4, -0.2) is 18.3 Å². The molecule has 0 aliphatic rings. The van der Waals surface area contributed by atoms with Crippen molar-refractivity contribution in [1.29, 1.82) is 0 Å². The molecule has 1 aromatic heterocycles. The van der Waals surface area contributed by atoms with Gasteiger partial charge in [0.25, 0.3) is 0 Å². The van der Waals surface area contributed by atoms with Crippen LogP contribution in [0, 0.1) is 13.8 Å². The highest BCUT2D eigenvalue weighted by atomic mass is 16.5. The molecule has 0 aliphatic heterocycles. The summed E-state index contributed by atoms with van der Waals surface area (Å²) >= 11 is 0. The van der Waals surface area contributed by atoms with Gasteiger partial charge in [-0.05, 0) is 44.5 Å². The van der Waals surface area contributed by atoms with E-state index in [0.717, 1.165) is 11.3 Å². The molecule has 0 spiro atoms. The second-order valence-corrected chi connectivity index (χ2v) is 5.68. The summed E-state index contributed by atoms with van der Waals surface area (Å²) in [5.74, 6) is 0.856. The van der Waals surface area contributed by atoms with E-state index in [9.17, 15) is 0 Å². The summed E-state index contributed by atoms with van der Waals surface area (Å²) in [5, 5.41) is 1.28. The fourth-order valence-electron chi connectivity index (χ4n) is 3.11. The van der Waals surface area contributed by atoms with Crippen molar-refractivity contribution < 1.29 is 9.47 Å². The first kappa shape index (κ1) is 15.6. The Kier molecular flexibility index (Phi) is 4.39. The average molecular weight is 309 g/mol. The second kappa shape index (κ2) is 6.47. The molecular weight excluding hydrogens is 286 g/mol. The Morgan fingerprint density at radius 3 is 2.35 bits per heavy atom. The summed E-state index contributed by atoms with van der Waals surface area (Å²) < 4.78 is 13.7. The van der Waals surface area contributed by atoms with Gasteiger partial charge in [-0.25, -0.2) is 0 Å². The molecule has 0 fully saturated rings. The first-order valence-corrected chi connectivity index (χ1v) is 7.99. The topological polar surface area (TPSA) is 23.4 Å². The molecule has 3 aromatic rings. The van der Waals surface area contributed by atoms with Crippen molar-refractivity contribution in [3.05, 3.63) is 65.4 Å². The fourth-order valence-corrected chi connectivity index (χ4v) is 3.11. The van der Waals surface area contributed by atoms with Gasteiger partial charge in [-0.1, -0.05) is 30.3 Å². The van der Waals surface area contributed by atoms with Gasteiger partial charge in [0, 0.05) is 23.3 Å². The zero-order chi connectivity index (χ0) is 16.4. The van der Waals surface area contributed by atoms with Gasteiger partial charge in [0.05, 0.1) is 12.6 Å². The molecule has 0 aliphatic carbocycles. The van der Waals surface area contributed by atoms with Crippen molar-refractivity contribution in [3.63, 3.8) is 0 Å². The Balaban J connectivity index is 2.16. The highest BCUT2D eigenvalue weighted by molar-refractivity contribution is 5.85. The van der Waals surface area contributed by atoms with Crippen LogP contribution in [0.5, 0.6) is 5.75 Å². The first-order valence-electron chi connectivity index (χ1n) is 7.99. The maximum absolute atomic E-state index is 6.11. The number of nitrogens with zero attached hydrogens (tertiary/aromatic N) is 1. The maximum atomic E-state index is 6.11. The van der Waals surface area contributed by atoms with Crippen LogP contribution in [0.25, 0.3) is 10.9 Å². The summed E-state index contributed by atoms with van der Waals surface area (Å²) in [6.45, 7) is 7.02. The third kappa shape index (κ3) is 2.73. The molecule has 0 saturated carbocycles. The van der Waals surface area contributed by atoms with Crippen molar-refractivity contribution in [2.75, 3.05) is 13.7 Å². The van der Waals surface area contributed by atoms with Crippen molar-refractivity contribution >= 4 is 10.9 Å². The summed E-state index contributed by atoms with van der Waals surface area (Å²) in [5.41, 5.74) is 4.87. The number of aromatic nitrogens is 1. The third-order valence-corrected chi connectivity index (χ3v) is 4.43. The molecular formula is C20H23NO2. The summed E-state index contributed by atoms with van der Waals surface area (Å²) in [4.78, 5) is 0. The average Bonchev–Trinajstić information content (AvgIpc) is 2.85. The van der Waals surface area contributed by atoms with Crippen LogP contribution >= 0.6 is 0 Å². The number of para-hydroxylation sites is 1. The van der Waals surface area contributed by atoms with Crippen LogP contribution in [0.15, 0.2) is 48.5 Å². The Labute approximate surface area is 137 Å². The molecule has 23 heavy (non-hydrogen) atoms. The lowest BCUT2D eigenvalue weighted by Gasteiger charge is -2.22. The number of aryl methyl sites for hydroxylation is 1. The van der Waals surface area contributed by atoms with Gasteiger partial charge >= 0.3 is 0 Å². The molecule has 1 heterocycles. The van der Waals surface area contributed by atoms with Crippen molar-refractivity contribution in [2.24, 2.45) is 0 Å². The summed E-state index contributed by atoms with van der Waals surface area (Å²) in [7, 11) is 1.68. The minimum atomic E-state index is -0.135. The molecule has 3 rings (SSSR count). The number of hydrogen-bond acceptors (Lipinski definition) is 2. The first-order chi connectivity index (χ1) is 11.2. The van der Waals surface area contributed by atoms with Crippen LogP contribution in [0.1, 0.15) is 30.0 Å². The predicted molar refractivity (Wildman–Crippen MR) is 94.2 cm³/mol. The summed E-state index contributed by atoms with van der Waals surface area (Å²) in [6, 6.07) is 16.6. The monoisotopic (exact) mass is 309 g/mol. The highest BCUT2D eigenvalue weighted by Crippen LogP contribution is 2.32. The van der Waals surface area contributed by atoms with Gasteiger partial charge in [0.1, 0.15) is 5.75 Å². The fraction of sp³-hybridized carbons (Fsp3) is 0.300. The van der Waals surface area contributed by atoms with E-state index < -0.39 is 0 Å². The molecule has 0 bridgehead atoms. The van der Waals surface area contributed by atoms with E-state index in [1.165, 1.54) is 22.2 Å². The second-order valence-electron chi connectivity index (χ2n) is 5.68. The molecule has 1 unspecified atom stereocenters. The number of methoxy groups -OCH3 is 1. The predicted octanol–water partition coefficient (Wildman–Crippen LogP) is 4.85. The molecule has 0 N–H and O–H groups in total. The van der Waals surface area contributed by atoms with E-state index in [4.69, 9.17) is 9.47 Å². The molecule has 0 saturated heterocycles.